The van der Waals surface area contributed by atoms with E-state index in [2.05, 4.69) is 15.9 Å². The van der Waals surface area contributed by atoms with Crippen LogP contribution in [0.25, 0.3) is 11.0 Å². The molecule has 0 saturated heterocycles. The first kappa shape index (κ1) is 18.9. The van der Waals surface area contributed by atoms with Gasteiger partial charge in [-0.25, -0.2) is 9.18 Å². The van der Waals surface area contributed by atoms with Crippen LogP contribution in [0.3, 0.4) is 0 Å². The van der Waals surface area contributed by atoms with Crippen LogP contribution in [0.1, 0.15) is 10.4 Å². The first-order valence-electron chi connectivity index (χ1n) is 8.47. The van der Waals surface area contributed by atoms with E-state index in [1.165, 1.54) is 42.7 Å². The Bertz CT molecular complexity index is 1280. The fourth-order valence-electron chi connectivity index (χ4n) is 2.65. The van der Waals surface area contributed by atoms with Crippen LogP contribution in [-0.4, -0.2) is 5.97 Å². The summed E-state index contributed by atoms with van der Waals surface area (Å²) in [4.78, 5) is 24.8. The maximum atomic E-state index is 13.3. The van der Waals surface area contributed by atoms with E-state index in [1.807, 2.05) is 6.07 Å². The molecule has 0 amide bonds. The Morgan fingerprint density at radius 2 is 1.79 bits per heavy atom. The maximum Gasteiger partial charge on any atom is 0.343 e. The average molecular weight is 455 g/mol. The minimum atomic E-state index is -0.722. The minimum absolute atomic E-state index is 0.0221. The number of ether oxygens (including phenoxy) is 2. The predicted molar refractivity (Wildman–Crippen MR) is 108 cm³/mol. The summed E-state index contributed by atoms with van der Waals surface area (Å²) in [5.74, 6) is -0.607. The molecule has 1 aromatic heterocycles. The van der Waals surface area contributed by atoms with Crippen molar-refractivity contribution in [3.63, 3.8) is 0 Å². The zero-order valence-electron chi connectivity index (χ0n) is 14.7. The molecule has 0 bridgehead atoms. The number of rotatable bonds is 4. The van der Waals surface area contributed by atoms with Crippen LogP contribution >= 0.6 is 15.9 Å². The summed E-state index contributed by atoms with van der Waals surface area (Å²) in [6, 6.07) is 16.6. The van der Waals surface area contributed by atoms with Gasteiger partial charge in [0.2, 0.25) is 11.2 Å². The number of halogens is 2. The maximum absolute atomic E-state index is 13.3. The molecule has 0 unspecified atom stereocenters. The molecule has 5 nitrogen and oxygen atoms in total. The van der Waals surface area contributed by atoms with Gasteiger partial charge in [0, 0.05) is 6.07 Å². The van der Waals surface area contributed by atoms with Crippen molar-refractivity contribution in [2.24, 2.45) is 0 Å². The first-order chi connectivity index (χ1) is 14.0. The molecule has 3 aromatic carbocycles. The van der Waals surface area contributed by atoms with Gasteiger partial charge in [-0.1, -0.05) is 18.2 Å². The number of benzene rings is 3. The fraction of sp³-hybridized carbons (Fsp3) is 0. The molecule has 0 N–H and O–H groups in total. The second-order valence-electron chi connectivity index (χ2n) is 6.02. The smallest absolute Gasteiger partial charge is 0.343 e. The van der Waals surface area contributed by atoms with Crippen LogP contribution < -0.4 is 14.9 Å². The normalized spacial score (nSPS) is 10.7. The molecule has 29 heavy (non-hydrogen) atoms. The van der Waals surface area contributed by atoms with Crippen molar-refractivity contribution in [3.8, 4) is 17.2 Å². The van der Waals surface area contributed by atoms with Crippen LogP contribution in [0.4, 0.5) is 4.39 Å². The molecule has 0 saturated carbocycles. The van der Waals surface area contributed by atoms with Crippen molar-refractivity contribution in [2.75, 3.05) is 0 Å². The van der Waals surface area contributed by atoms with Crippen LogP contribution in [0.15, 0.2) is 86.7 Å². The monoisotopic (exact) mass is 454 g/mol. The first-order valence-corrected chi connectivity index (χ1v) is 9.26. The molecule has 0 spiro atoms. The second kappa shape index (κ2) is 7.89. The highest BCUT2D eigenvalue weighted by atomic mass is 79.9. The molecule has 4 rings (SSSR count). The number of fused-ring (bicyclic) bond motifs is 1. The number of hydrogen-bond donors (Lipinski definition) is 0. The Kier molecular flexibility index (Phi) is 5.14. The lowest BCUT2D eigenvalue weighted by Crippen LogP contribution is -2.09. The van der Waals surface area contributed by atoms with Gasteiger partial charge >= 0.3 is 5.97 Å². The Hall–Kier alpha value is -3.45. The second-order valence-corrected chi connectivity index (χ2v) is 6.87. The number of para-hydroxylation sites is 1. The SMILES string of the molecule is O=C(Oc1ccc2c(=O)c(Oc3ccccc3Br)coc2c1)c1cccc(F)c1. The van der Waals surface area contributed by atoms with Crippen LogP contribution in [0.2, 0.25) is 0 Å². The summed E-state index contributed by atoms with van der Waals surface area (Å²) in [6.45, 7) is 0. The molecule has 0 atom stereocenters. The third-order valence-corrected chi connectivity index (χ3v) is 4.70. The lowest BCUT2D eigenvalue weighted by molar-refractivity contribution is 0.0734. The van der Waals surface area contributed by atoms with Crippen LogP contribution in [0, 0.1) is 5.82 Å². The lowest BCUT2D eigenvalue weighted by Gasteiger charge is -2.08. The van der Waals surface area contributed by atoms with E-state index < -0.39 is 11.8 Å². The van der Waals surface area contributed by atoms with Gasteiger partial charge in [0.25, 0.3) is 0 Å². The molecule has 0 aliphatic rings. The van der Waals surface area contributed by atoms with Crippen molar-refractivity contribution in [1.82, 2.24) is 0 Å². The number of carbonyl (C=O) groups excluding carboxylic acids is 1. The third-order valence-electron chi connectivity index (χ3n) is 4.04. The highest BCUT2D eigenvalue weighted by Crippen LogP contribution is 2.29. The summed E-state index contributed by atoms with van der Waals surface area (Å²) in [5, 5.41) is 0.264. The van der Waals surface area contributed by atoms with E-state index in [1.54, 1.807) is 18.2 Å². The van der Waals surface area contributed by atoms with Crippen molar-refractivity contribution in [3.05, 3.63) is 99.1 Å². The van der Waals surface area contributed by atoms with E-state index in [0.29, 0.717) is 10.2 Å². The van der Waals surface area contributed by atoms with E-state index >= 15 is 0 Å². The topological polar surface area (TPSA) is 65.7 Å². The van der Waals surface area contributed by atoms with Gasteiger partial charge in [-0.15, -0.1) is 0 Å². The van der Waals surface area contributed by atoms with Gasteiger partial charge in [-0.2, -0.15) is 0 Å². The van der Waals surface area contributed by atoms with Gasteiger partial charge < -0.3 is 13.9 Å². The van der Waals surface area contributed by atoms with E-state index in [0.717, 1.165) is 6.07 Å². The van der Waals surface area contributed by atoms with Gasteiger partial charge in [-0.3, -0.25) is 4.79 Å². The van der Waals surface area contributed by atoms with E-state index in [9.17, 15) is 14.0 Å². The Balaban J connectivity index is 1.61. The Morgan fingerprint density at radius 1 is 0.966 bits per heavy atom. The highest BCUT2D eigenvalue weighted by molar-refractivity contribution is 9.10. The van der Waals surface area contributed by atoms with Gasteiger partial charge in [0.05, 0.1) is 15.4 Å². The van der Waals surface area contributed by atoms with Crippen molar-refractivity contribution in [1.29, 1.82) is 0 Å². The molecule has 0 aliphatic heterocycles. The largest absolute Gasteiger partial charge is 0.460 e. The Labute approximate surface area is 172 Å². The summed E-state index contributed by atoms with van der Waals surface area (Å²) in [5.41, 5.74) is -0.0761. The average Bonchev–Trinajstić information content (AvgIpc) is 2.71. The van der Waals surface area contributed by atoms with Crippen molar-refractivity contribution < 1.29 is 23.1 Å². The summed E-state index contributed by atoms with van der Waals surface area (Å²) >= 11 is 3.35. The molecular weight excluding hydrogens is 443 g/mol. The highest BCUT2D eigenvalue weighted by Gasteiger charge is 2.14. The standard InChI is InChI=1S/C22H12BrFO5/c23-17-6-1-2-7-18(17)29-20-12-27-19-11-15(8-9-16(19)21(20)25)28-22(26)13-4-3-5-14(24)10-13/h1-12H. The summed E-state index contributed by atoms with van der Waals surface area (Å²) < 4.78 is 30.3. The molecule has 0 radical (unpaired) electrons. The molecule has 0 aliphatic carbocycles. The minimum Gasteiger partial charge on any atom is -0.460 e. The van der Waals surface area contributed by atoms with Gasteiger partial charge in [0.1, 0.15) is 29.2 Å². The van der Waals surface area contributed by atoms with Crippen molar-refractivity contribution in [2.45, 2.75) is 0 Å². The van der Waals surface area contributed by atoms with Crippen LogP contribution in [-0.2, 0) is 0 Å². The zero-order chi connectivity index (χ0) is 20.4. The van der Waals surface area contributed by atoms with E-state index in [4.69, 9.17) is 13.9 Å². The van der Waals surface area contributed by atoms with E-state index in [-0.39, 0.29) is 33.5 Å². The number of hydrogen-bond acceptors (Lipinski definition) is 5. The van der Waals surface area contributed by atoms with Gasteiger partial charge in [-0.05, 0) is 58.4 Å². The van der Waals surface area contributed by atoms with Crippen LogP contribution in [0.5, 0.6) is 17.2 Å². The summed E-state index contributed by atoms with van der Waals surface area (Å²) in [6.07, 6.45) is 1.20. The molecule has 4 aromatic rings. The third kappa shape index (κ3) is 4.05. The van der Waals surface area contributed by atoms with Crippen molar-refractivity contribution >= 4 is 32.9 Å². The summed E-state index contributed by atoms with van der Waals surface area (Å²) in [7, 11) is 0. The quantitative estimate of drug-likeness (QED) is 0.292. The molecule has 7 heteroatoms. The Morgan fingerprint density at radius 3 is 2.59 bits per heavy atom. The molecular formula is C22H12BrFO5. The number of carbonyl (C=O) groups is 1. The number of esters is 1. The zero-order valence-corrected chi connectivity index (χ0v) is 16.3. The molecule has 144 valence electrons. The molecule has 1 heterocycles. The fourth-order valence-corrected chi connectivity index (χ4v) is 3.02. The van der Waals surface area contributed by atoms with Gasteiger partial charge in [0.15, 0.2) is 0 Å². The molecule has 0 fully saturated rings. The lowest BCUT2D eigenvalue weighted by atomic mass is 10.2. The predicted octanol–water partition coefficient (Wildman–Crippen LogP) is 5.71.